The number of amides is 2. The van der Waals surface area contributed by atoms with Crippen LogP contribution in [0, 0.1) is 13.8 Å². The molecule has 2 amide bonds. The Balaban J connectivity index is 1.34. The van der Waals surface area contributed by atoms with Gasteiger partial charge >= 0.3 is 0 Å². The van der Waals surface area contributed by atoms with Crippen LogP contribution in [0.1, 0.15) is 29.5 Å². The van der Waals surface area contributed by atoms with Gasteiger partial charge in [-0.25, -0.2) is 4.63 Å². The molecular weight excluding hydrogens is 456 g/mol. The predicted molar refractivity (Wildman–Crippen MR) is 133 cm³/mol. The summed E-state index contributed by atoms with van der Waals surface area (Å²) in [5.41, 5.74) is 4.37. The first-order valence-electron chi connectivity index (χ1n) is 10.4. The van der Waals surface area contributed by atoms with E-state index in [-0.39, 0.29) is 24.1 Å². The number of rotatable bonds is 7. The van der Waals surface area contributed by atoms with Crippen molar-refractivity contribution in [2.75, 3.05) is 11.9 Å². The van der Waals surface area contributed by atoms with E-state index in [2.05, 4.69) is 15.6 Å². The number of thioether (sulfide) groups is 1. The molecule has 0 atom stereocenters. The minimum atomic E-state index is -0.234. The van der Waals surface area contributed by atoms with Gasteiger partial charge in [-0.1, -0.05) is 72.0 Å². The maximum absolute atomic E-state index is 12.7. The average Bonchev–Trinajstić information content (AvgIpc) is 3.35. The minimum Gasteiger partial charge on any atom is -0.306 e. The molecule has 0 aliphatic carbocycles. The molecule has 0 bridgehead atoms. The van der Waals surface area contributed by atoms with E-state index in [9.17, 15) is 9.59 Å². The van der Waals surface area contributed by atoms with Crippen LogP contribution in [0.4, 0.5) is 5.82 Å². The van der Waals surface area contributed by atoms with Crippen molar-refractivity contribution in [2.24, 2.45) is 0 Å². The monoisotopic (exact) mass is 478 g/mol. The van der Waals surface area contributed by atoms with Gasteiger partial charge in [-0.3, -0.25) is 14.5 Å². The van der Waals surface area contributed by atoms with Gasteiger partial charge in [0, 0.05) is 18.5 Å². The van der Waals surface area contributed by atoms with Gasteiger partial charge < -0.3 is 5.32 Å². The van der Waals surface area contributed by atoms with Crippen LogP contribution in [-0.4, -0.2) is 37.9 Å². The zero-order valence-corrected chi connectivity index (χ0v) is 19.8. The Morgan fingerprint density at radius 1 is 1.18 bits per heavy atom. The number of carbonyl (C=O) groups excluding carboxylic acids is 2. The first-order valence-corrected chi connectivity index (χ1v) is 11.7. The van der Waals surface area contributed by atoms with Crippen molar-refractivity contribution in [1.29, 1.82) is 0 Å². The standard InChI is InChI=1S/C24H22N4O3S2/c1-15-10-11-16(2)18(13-15)21-22(27-31-26-21)25-20(29)9-6-12-28-23(30)19(33-24(28)32)14-17-7-4-3-5-8-17/h3-5,7-8,10-11,13-14H,6,9,12H2,1-2H3,(H,25,27,29)/b19-14-. The Morgan fingerprint density at radius 3 is 2.76 bits per heavy atom. The van der Waals surface area contributed by atoms with Gasteiger partial charge in [-0.05, 0) is 53.9 Å². The van der Waals surface area contributed by atoms with Gasteiger partial charge in [0.2, 0.25) is 11.7 Å². The molecule has 168 valence electrons. The fraction of sp³-hybridized carbons (Fsp3) is 0.208. The Hall–Kier alpha value is -3.30. The van der Waals surface area contributed by atoms with Gasteiger partial charge in [0.25, 0.3) is 5.91 Å². The Labute approximate surface area is 201 Å². The third-order valence-corrected chi connectivity index (χ3v) is 6.53. The van der Waals surface area contributed by atoms with E-state index >= 15 is 0 Å². The summed E-state index contributed by atoms with van der Waals surface area (Å²) in [6, 6.07) is 15.6. The van der Waals surface area contributed by atoms with Gasteiger partial charge in [0.1, 0.15) is 4.32 Å². The van der Waals surface area contributed by atoms with Crippen molar-refractivity contribution >= 4 is 52.0 Å². The fourth-order valence-electron chi connectivity index (χ4n) is 3.42. The van der Waals surface area contributed by atoms with Gasteiger partial charge in [-0.15, -0.1) is 0 Å². The quantitative estimate of drug-likeness (QED) is 0.379. The SMILES string of the molecule is Cc1ccc(C)c(-c2nonc2NC(=O)CCCN2C(=O)/C(=C/c3ccccc3)SC2=S)c1. The number of carbonyl (C=O) groups is 2. The average molecular weight is 479 g/mol. The number of anilines is 1. The second kappa shape index (κ2) is 10.1. The van der Waals surface area contributed by atoms with Crippen LogP contribution in [-0.2, 0) is 9.59 Å². The lowest BCUT2D eigenvalue weighted by atomic mass is 10.0. The predicted octanol–water partition coefficient (Wildman–Crippen LogP) is 4.97. The summed E-state index contributed by atoms with van der Waals surface area (Å²) in [5.74, 6) is -0.0835. The largest absolute Gasteiger partial charge is 0.306 e. The highest BCUT2D eigenvalue weighted by Gasteiger charge is 2.31. The maximum Gasteiger partial charge on any atom is 0.266 e. The maximum atomic E-state index is 12.7. The van der Waals surface area contributed by atoms with Crippen LogP contribution in [0.3, 0.4) is 0 Å². The number of hydrogen-bond acceptors (Lipinski definition) is 7. The molecule has 0 unspecified atom stereocenters. The highest BCUT2D eigenvalue weighted by Crippen LogP contribution is 2.33. The van der Waals surface area contributed by atoms with Gasteiger partial charge in [-0.2, -0.15) is 0 Å². The number of nitrogens with one attached hydrogen (secondary N) is 1. The number of aromatic nitrogens is 2. The van der Waals surface area contributed by atoms with Gasteiger partial charge in [0.05, 0.1) is 4.91 Å². The van der Waals surface area contributed by atoms with Crippen molar-refractivity contribution in [3.05, 3.63) is 70.1 Å². The van der Waals surface area contributed by atoms with Crippen molar-refractivity contribution in [3.8, 4) is 11.3 Å². The second-order valence-corrected chi connectivity index (χ2v) is 9.35. The molecule has 2 heterocycles. The minimum absolute atomic E-state index is 0.132. The number of hydrogen-bond donors (Lipinski definition) is 1. The molecule has 3 aromatic rings. The first-order chi connectivity index (χ1) is 15.9. The first kappa shape index (κ1) is 22.9. The molecule has 9 heteroatoms. The molecule has 1 fully saturated rings. The van der Waals surface area contributed by atoms with E-state index in [4.69, 9.17) is 16.8 Å². The second-order valence-electron chi connectivity index (χ2n) is 7.68. The highest BCUT2D eigenvalue weighted by atomic mass is 32.2. The van der Waals surface area contributed by atoms with Crippen LogP contribution < -0.4 is 5.32 Å². The summed E-state index contributed by atoms with van der Waals surface area (Å²) in [6.45, 7) is 4.31. The lowest BCUT2D eigenvalue weighted by molar-refractivity contribution is -0.122. The molecular formula is C24H22N4O3S2. The van der Waals surface area contributed by atoms with Crippen LogP contribution >= 0.6 is 24.0 Å². The lowest BCUT2D eigenvalue weighted by Gasteiger charge is -2.14. The summed E-state index contributed by atoms with van der Waals surface area (Å²) >= 11 is 6.65. The molecule has 2 aromatic carbocycles. The molecule has 7 nitrogen and oxygen atoms in total. The van der Waals surface area contributed by atoms with Gasteiger partial charge in [0.15, 0.2) is 5.69 Å². The molecule has 0 spiro atoms. The molecule has 1 N–H and O–H groups in total. The van der Waals surface area contributed by atoms with E-state index in [0.29, 0.717) is 27.9 Å². The molecule has 0 radical (unpaired) electrons. The molecule has 4 rings (SSSR count). The van der Waals surface area contributed by atoms with Crippen LogP contribution in [0.2, 0.25) is 0 Å². The van der Waals surface area contributed by atoms with Crippen molar-refractivity contribution in [3.63, 3.8) is 0 Å². The van der Waals surface area contributed by atoms with E-state index in [1.165, 1.54) is 11.8 Å². The van der Waals surface area contributed by atoms with E-state index < -0.39 is 0 Å². The lowest BCUT2D eigenvalue weighted by Crippen LogP contribution is -2.29. The molecule has 1 aliphatic rings. The number of nitrogens with zero attached hydrogens (tertiary/aromatic N) is 3. The summed E-state index contributed by atoms with van der Waals surface area (Å²) in [5, 5.41) is 10.6. The zero-order valence-electron chi connectivity index (χ0n) is 18.2. The summed E-state index contributed by atoms with van der Waals surface area (Å²) < 4.78 is 5.38. The fourth-order valence-corrected chi connectivity index (χ4v) is 4.73. The normalized spacial score (nSPS) is 14.8. The summed E-state index contributed by atoms with van der Waals surface area (Å²) in [6.07, 6.45) is 2.49. The molecule has 33 heavy (non-hydrogen) atoms. The van der Waals surface area contributed by atoms with E-state index in [1.54, 1.807) is 4.90 Å². The number of aryl methyl sites for hydroxylation is 2. The zero-order chi connectivity index (χ0) is 23.4. The Morgan fingerprint density at radius 2 is 1.97 bits per heavy atom. The van der Waals surface area contributed by atoms with E-state index in [0.717, 1.165) is 22.3 Å². The highest BCUT2D eigenvalue weighted by molar-refractivity contribution is 8.26. The summed E-state index contributed by atoms with van der Waals surface area (Å²) in [7, 11) is 0. The van der Waals surface area contributed by atoms with Crippen molar-refractivity contribution in [1.82, 2.24) is 15.2 Å². The number of benzene rings is 2. The Kier molecular flexibility index (Phi) is 7.00. The third kappa shape index (κ3) is 5.37. The van der Waals surface area contributed by atoms with Crippen molar-refractivity contribution < 1.29 is 14.2 Å². The van der Waals surface area contributed by atoms with Crippen LogP contribution in [0.25, 0.3) is 17.3 Å². The molecule has 1 aromatic heterocycles. The molecule has 1 saturated heterocycles. The van der Waals surface area contributed by atoms with Crippen molar-refractivity contribution in [2.45, 2.75) is 26.7 Å². The summed E-state index contributed by atoms with van der Waals surface area (Å²) in [4.78, 5) is 27.4. The topological polar surface area (TPSA) is 88.3 Å². The van der Waals surface area contributed by atoms with Crippen LogP contribution in [0.5, 0.6) is 0 Å². The molecule has 0 saturated carbocycles. The van der Waals surface area contributed by atoms with E-state index in [1.807, 2.05) is 68.5 Å². The van der Waals surface area contributed by atoms with Crippen LogP contribution in [0.15, 0.2) is 58.1 Å². The third-order valence-electron chi connectivity index (χ3n) is 5.15. The number of thiocarbonyl (C=S) groups is 1. The Bertz CT molecular complexity index is 1240. The smallest absolute Gasteiger partial charge is 0.266 e. The molecule has 1 aliphatic heterocycles.